The van der Waals surface area contributed by atoms with E-state index in [0.717, 1.165) is 18.7 Å². The molecule has 1 heterocycles. The zero-order chi connectivity index (χ0) is 10.4. The van der Waals surface area contributed by atoms with Gasteiger partial charge in [0.25, 0.3) is 0 Å². The normalized spacial score (nSPS) is 12.4. The van der Waals surface area contributed by atoms with Crippen LogP contribution in [0.4, 0.5) is 0 Å². The Morgan fingerprint density at radius 1 is 1.64 bits per heavy atom. The number of furan rings is 1. The molecule has 0 radical (unpaired) electrons. The third kappa shape index (κ3) is 3.10. The molecular formula is C11H14ClNO. The molecule has 0 spiro atoms. The fourth-order valence-electron chi connectivity index (χ4n) is 1.23. The number of nitrogens with one attached hydrogen (secondary N) is 1. The van der Waals surface area contributed by atoms with Gasteiger partial charge in [0.15, 0.2) is 5.22 Å². The molecule has 1 aromatic rings. The maximum Gasteiger partial charge on any atom is 0.193 e. The molecule has 0 amide bonds. The van der Waals surface area contributed by atoms with Gasteiger partial charge >= 0.3 is 0 Å². The van der Waals surface area contributed by atoms with Crippen LogP contribution in [0.5, 0.6) is 0 Å². The fraction of sp³-hybridized carbons (Fsp3) is 0.455. The quantitative estimate of drug-likeness (QED) is 0.758. The summed E-state index contributed by atoms with van der Waals surface area (Å²) >= 11 is 5.69. The van der Waals surface area contributed by atoms with Gasteiger partial charge in [-0.15, -0.1) is 12.3 Å². The third-order valence-corrected chi connectivity index (χ3v) is 2.10. The summed E-state index contributed by atoms with van der Waals surface area (Å²) in [6.07, 6.45) is 6.96. The summed E-state index contributed by atoms with van der Waals surface area (Å²) in [5.41, 5.74) is 0. The van der Waals surface area contributed by atoms with Crippen LogP contribution in [-0.2, 0) is 0 Å². The Morgan fingerprint density at radius 2 is 2.43 bits per heavy atom. The van der Waals surface area contributed by atoms with Crippen LogP contribution in [0.25, 0.3) is 0 Å². The van der Waals surface area contributed by atoms with Crippen LogP contribution in [0, 0.1) is 12.3 Å². The molecule has 3 heteroatoms. The largest absolute Gasteiger partial charge is 0.448 e. The summed E-state index contributed by atoms with van der Waals surface area (Å²) in [6, 6.07) is 3.66. The van der Waals surface area contributed by atoms with Crippen LogP contribution < -0.4 is 5.32 Å². The van der Waals surface area contributed by atoms with Crippen LogP contribution in [0.1, 0.15) is 31.6 Å². The van der Waals surface area contributed by atoms with Crippen molar-refractivity contribution in [3.05, 3.63) is 23.1 Å². The monoisotopic (exact) mass is 211 g/mol. The van der Waals surface area contributed by atoms with Crippen molar-refractivity contribution >= 4 is 11.6 Å². The molecule has 14 heavy (non-hydrogen) atoms. The van der Waals surface area contributed by atoms with Crippen molar-refractivity contribution in [1.29, 1.82) is 0 Å². The molecule has 1 N–H and O–H groups in total. The van der Waals surface area contributed by atoms with Gasteiger partial charge in [0.1, 0.15) is 5.76 Å². The van der Waals surface area contributed by atoms with Gasteiger partial charge in [0.05, 0.1) is 6.04 Å². The first-order chi connectivity index (χ1) is 6.77. The molecule has 0 bridgehead atoms. The van der Waals surface area contributed by atoms with E-state index < -0.39 is 0 Å². The van der Waals surface area contributed by atoms with Crippen LogP contribution >= 0.6 is 11.6 Å². The first-order valence-corrected chi connectivity index (χ1v) is 5.07. The van der Waals surface area contributed by atoms with Crippen molar-refractivity contribution < 1.29 is 4.42 Å². The molecule has 0 saturated heterocycles. The molecule has 2 nitrogen and oxygen atoms in total. The average Bonchev–Trinajstić information content (AvgIpc) is 2.59. The van der Waals surface area contributed by atoms with Gasteiger partial charge in [-0.1, -0.05) is 6.92 Å². The van der Waals surface area contributed by atoms with E-state index in [0.29, 0.717) is 11.6 Å². The summed E-state index contributed by atoms with van der Waals surface area (Å²) in [4.78, 5) is 0. The van der Waals surface area contributed by atoms with Gasteiger partial charge in [0.2, 0.25) is 0 Å². The van der Waals surface area contributed by atoms with Crippen molar-refractivity contribution in [3.8, 4) is 12.3 Å². The van der Waals surface area contributed by atoms with Crippen molar-refractivity contribution in [2.24, 2.45) is 0 Å². The van der Waals surface area contributed by atoms with Crippen LogP contribution in [0.3, 0.4) is 0 Å². The maximum atomic E-state index is 5.69. The van der Waals surface area contributed by atoms with Crippen LogP contribution in [0.2, 0.25) is 5.22 Å². The zero-order valence-electron chi connectivity index (χ0n) is 8.22. The highest BCUT2D eigenvalue weighted by atomic mass is 35.5. The van der Waals surface area contributed by atoms with E-state index in [9.17, 15) is 0 Å². The number of hydrogen-bond acceptors (Lipinski definition) is 2. The van der Waals surface area contributed by atoms with E-state index >= 15 is 0 Å². The topological polar surface area (TPSA) is 25.2 Å². The van der Waals surface area contributed by atoms with E-state index in [4.69, 9.17) is 22.4 Å². The second-order valence-electron chi connectivity index (χ2n) is 3.06. The van der Waals surface area contributed by atoms with Gasteiger partial charge in [0, 0.05) is 6.42 Å². The minimum absolute atomic E-state index is 0.0763. The fourth-order valence-corrected chi connectivity index (χ4v) is 1.38. The van der Waals surface area contributed by atoms with Gasteiger partial charge in [-0.25, -0.2) is 0 Å². The lowest BCUT2D eigenvalue weighted by atomic mass is 10.1. The standard InChI is InChI=1S/C11H14ClNO/c1-3-5-9(13-8-4-2)10-6-7-11(12)14-10/h1,6-7,9,13H,4-5,8H2,2H3. The smallest absolute Gasteiger partial charge is 0.193 e. The minimum atomic E-state index is 0.0763. The Labute approximate surface area is 89.6 Å². The Morgan fingerprint density at radius 3 is 2.93 bits per heavy atom. The SMILES string of the molecule is C#CCC(NCCC)c1ccc(Cl)o1. The lowest BCUT2D eigenvalue weighted by molar-refractivity contribution is 0.418. The zero-order valence-corrected chi connectivity index (χ0v) is 8.97. The molecule has 0 aliphatic heterocycles. The summed E-state index contributed by atoms with van der Waals surface area (Å²) in [7, 11) is 0. The lowest BCUT2D eigenvalue weighted by Gasteiger charge is -2.12. The predicted molar refractivity (Wildman–Crippen MR) is 58.2 cm³/mol. The number of terminal acetylenes is 1. The second-order valence-corrected chi connectivity index (χ2v) is 3.43. The minimum Gasteiger partial charge on any atom is -0.448 e. The molecule has 1 atom stereocenters. The highest BCUT2D eigenvalue weighted by Gasteiger charge is 2.12. The van der Waals surface area contributed by atoms with Gasteiger partial charge in [-0.2, -0.15) is 0 Å². The van der Waals surface area contributed by atoms with E-state index in [1.54, 1.807) is 6.07 Å². The first kappa shape index (κ1) is 11.2. The van der Waals surface area contributed by atoms with Crippen molar-refractivity contribution in [2.45, 2.75) is 25.8 Å². The van der Waals surface area contributed by atoms with E-state index in [1.165, 1.54) is 0 Å². The summed E-state index contributed by atoms with van der Waals surface area (Å²) in [5, 5.41) is 3.71. The second kappa shape index (κ2) is 5.74. The number of halogens is 1. The van der Waals surface area contributed by atoms with E-state index in [-0.39, 0.29) is 6.04 Å². The Bertz CT molecular complexity index is 313. The number of hydrogen-bond donors (Lipinski definition) is 1. The third-order valence-electron chi connectivity index (χ3n) is 1.90. The van der Waals surface area contributed by atoms with Crippen molar-refractivity contribution in [1.82, 2.24) is 5.32 Å². The highest BCUT2D eigenvalue weighted by molar-refractivity contribution is 6.28. The molecule has 1 unspecified atom stereocenters. The van der Waals surface area contributed by atoms with Gasteiger partial charge < -0.3 is 9.73 Å². The molecule has 0 fully saturated rings. The Kier molecular flexibility index (Phi) is 4.58. The lowest BCUT2D eigenvalue weighted by Crippen LogP contribution is -2.21. The molecule has 0 saturated carbocycles. The van der Waals surface area contributed by atoms with Crippen LogP contribution in [-0.4, -0.2) is 6.54 Å². The van der Waals surface area contributed by atoms with Crippen molar-refractivity contribution in [2.75, 3.05) is 6.54 Å². The Balaban J connectivity index is 2.63. The predicted octanol–water partition coefficient (Wildman–Crippen LogP) is 3.00. The van der Waals surface area contributed by atoms with Gasteiger partial charge in [-0.05, 0) is 36.7 Å². The average molecular weight is 212 g/mol. The molecule has 0 aliphatic carbocycles. The summed E-state index contributed by atoms with van der Waals surface area (Å²) < 4.78 is 5.30. The first-order valence-electron chi connectivity index (χ1n) is 4.70. The molecule has 1 rings (SSSR count). The number of rotatable bonds is 5. The summed E-state index contributed by atoms with van der Waals surface area (Å²) in [5.74, 6) is 3.43. The Hall–Kier alpha value is -0.910. The van der Waals surface area contributed by atoms with E-state index in [1.807, 2.05) is 6.07 Å². The molecule has 0 aromatic carbocycles. The van der Waals surface area contributed by atoms with Crippen molar-refractivity contribution in [3.63, 3.8) is 0 Å². The maximum absolute atomic E-state index is 5.69. The van der Waals surface area contributed by atoms with Crippen LogP contribution in [0.15, 0.2) is 16.5 Å². The molecule has 76 valence electrons. The molecular weight excluding hydrogens is 198 g/mol. The summed E-state index contributed by atoms with van der Waals surface area (Å²) in [6.45, 7) is 3.03. The highest BCUT2D eigenvalue weighted by Crippen LogP contribution is 2.21. The molecule has 1 aromatic heterocycles. The van der Waals surface area contributed by atoms with Gasteiger partial charge in [-0.3, -0.25) is 0 Å². The molecule has 0 aliphatic rings. The van der Waals surface area contributed by atoms with E-state index in [2.05, 4.69) is 18.2 Å².